The minimum atomic E-state index is 0. The van der Waals surface area contributed by atoms with Crippen LogP contribution in [0.15, 0.2) is 4.99 Å². The zero-order valence-electron chi connectivity index (χ0n) is 14.2. The maximum absolute atomic E-state index is 5.57. The van der Waals surface area contributed by atoms with E-state index in [2.05, 4.69) is 34.5 Å². The first-order valence-corrected chi connectivity index (χ1v) is 8.29. The molecule has 5 nitrogen and oxygen atoms in total. The van der Waals surface area contributed by atoms with Gasteiger partial charge in [-0.2, -0.15) is 0 Å². The topological polar surface area (TPSA) is 58.5 Å². The second kappa shape index (κ2) is 12.1. The van der Waals surface area contributed by atoms with Crippen molar-refractivity contribution in [3.05, 3.63) is 15.6 Å². The number of nitrogens with zero attached hydrogens (tertiary/aromatic N) is 2. The molecule has 128 valence electrons. The van der Waals surface area contributed by atoms with Gasteiger partial charge in [0.15, 0.2) is 5.96 Å². The Morgan fingerprint density at radius 1 is 1.27 bits per heavy atom. The highest BCUT2D eigenvalue weighted by Crippen LogP contribution is 2.16. The molecule has 0 spiro atoms. The first kappa shape index (κ1) is 21.6. The van der Waals surface area contributed by atoms with Crippen molar-refractivity contribution >= 4 is 41.3 Å². The Kier molecular flexibility index (Phi) is 11.8. The van der Waals surface area contributed by atoms with Crippen molar-refractivity contribution in [2.45, 2.75) is 40.7 Å². The van der Waals surface area contributed by atoms with Crippen LogP contribution in [0.3, 0.4) is 0 Å². The van der Waals surface area contributed by atoms with E-state index >= 15 is 0 Å². The molecule has 0 aliphatic rings. The standard InChI is InChI=1S/C15H28N4OS.HI/c1-11(2)6-8-20-9-7-17-15(16-5)18-10-14-12(3)19-13(4)21-14;/h11H,6-10H2,1-5H3,(H2,16,17,18);1H. The maximum Gasteiger partial charge on any atom is 0.191 e. The first-order chi connectivity index (χ1) is 10.0. The second-order valence-electron chi connectivity index (χ2n) is 5.39. The lowest BCUT2D eigenvalue weighted by Crippen LogP contribution is -2.38. The summed E-state index contributed by atoms with van der Waals surface area (Å²) in [6.07, 6.45) is 1.11. The summed E-state index contributed by atoms with van der Waals surface area (Å²) in [5.74, 6) is 1.49. The molecule has 0 saturated heterocycles. The molecule has 1 heterocycles. The average Bonchev–Trinajstić information content (AvgIpc) is 2.75. The van der Waals surface area contributed by atoms with Crippen LogP contribution in [-0.4, -0.2) is 37.7 Å². The fourth-order valence-corrected chi connectivity index (χ4v) is 2.66. The van der Waals surface area contributed by atoms with E-state index in [1.54, 1.807) is 18.4 Å². The number of ether oxygens (including phenoxy) is 1. The minimum absolute atomic E-state index is 0. The van der Waals surface area contributed by atoms with E-state index in [0.717, 1.165) is 42.8 Å². The fourth-order valence-electron chi connectivity index (χ4n) is 1.78. The molecule has 0 aromatic carbocycles. The molecule has 7 heteroatoms. The number of halogens is 1. The number of nitrogens with one attached hydrogen (secondary N) is 2. The molecule has 2 N–H and O–H groups in total. The summed E-state index contributed by atoms with van der Waals surface area (Å²) in [5.41, 5.74) is 1.09. The number of guanidine groups is 1. The molecule has 0 fully saturated rings. The Balaban J connectivity index is 0.00000441. The summed E-state index contributed by atoms with van der Waals surface area (Å²) in [6, 6.07) is 0. The largest absolute Gasteiger partial charge is 0.380 e. The van der Waals surface area contributed by atoms with Gasteiger partial charge in [-0.15, -0.1) is 35.3 Å². The van der Waals surface area contributed by atoms with Gasteiger partial charge in [0.05, 0.1) is 23.9 Å². The summed E-state index contributed by atoms with van der Waals surface area (Å²) in [4.78, 5) is 9.89. The van der Waals surface area contributed by atoms with Crippen LogP contribution in [0.25, 0.3) is 0 Å². The molecule has 0 unspecified atom stereocenters. The lowest BCUT2D eigenvalue weighted by atomic mass is 10.1. The normalized spacial score (nSPS) is 11.5. The third-order valence-electron chi connectivity index (χ3n) is 3.02. The van der Waals surface area contributed by atoms with Crippen molar-refractivity contribution in [2.75, 3.05) is 26.8 Å². The monoisotopic (exact) mass is 440 g/mol. The number of aromatic nitrogens is 1. The van der Waals surface area contributed by atoms with Gasteiger partial charge in [0, 0.05) is 25.1 Å². The van der Waals surface area contributed by atoms with Crippen molar-refractivity contribution in [3.8, 4) is 0 Å². The van der Waals surface area contributed by atoms with Gasteiger partial charge < -0.3 is 15.4 Å². The van der Waals surface area contributed by atoms with Gasteiger partial charge in [-0.05, 0) is 26.2 Å². The van der Waals surface area contributed by atoms with Crippen LogP contribution in [0, 0.1) is 19.8 Å². The van der Waals surface area contributed by atoms with Crippen LogP contribution >= 0.6 is 35.3 Å². The molecule has 0 bridgehead atoms. The first-order valence-electron chi connectivity index (χ1n) is 7.48. The second-order valence-corrected chi connectivity index (χ2v) is 6.68. The van der Waals surface area contributed by atoms with E-state index < -0.39 is 0 Å². The van der Waals surface area contributed by atoms with Gasteiger partial charge in [0.25, 0.3) is 0 Å². The van der Waals surface area contributed by atoms with Crippen LogP contribution in [0.2, 0.25) is 0 Å². The van der Waals surface area contributed by atoms with Crippen LogP contribution in [0.1, 0.15) is 35.8 Å². The van der Waals surface area contributed by atoms with Crippen molar-refractivity contribution in [3.63, 3.8) is 0 Å². The molecule has 0 atom stereocenters. The molecule has 1 aromatic rings. The Morgan fingerprint density at radius 3 is 2.55 bits per heavy atom. The predicted molar refractivity (Wildman–Crippen MR) is 105 cm³/mol. The quantitative estimate of drug-likeness (QED) is 0.282. The highest BCUT2D eigenvalue weighted by atomic mass is 127. The summed E-state index contributed by atoms with van der Waals surface area (Å²) >= 11 is 1.72. The number of rotatable bonds is 8. The lowest BCUT2D eigenvalue weighted by Gasteiger charge is -2.12. The average molecular weight is 440 g/mol. The third-order valence-corrected chi connectivity index (χ3v) is 4.09. The number of aryl methyl sites for hydroxylation is 2. The molecular weight excluding hydrogens is 411 g/mol. The fraction of sp³-hybridized carbons (Fsp3) is 0.733. The molecule has 0 aliphatic carbocycles. The van der Waals surface area contributed by atoms with Crippen LogP contribution in [-0.2, 0) is 11.3 Å². The Morgan fingerprint density at radius 2 is 2.00 bits per heavy atom. The molecule has 0 radical (unpaired) electrons. The van der Waals surface area contributed by atoms with E-state index in [-0.39, 0.29) is 24.0 Å². The predicted octanol–water partition coefficient (Wildman–Crippen LogP) is 3.11. The van der Waals surface area contributed by atoms with E-state index in [1.165, 1.54) is 4.88 Å². The highest BCUT2D eigenvalue weighted by Gasteiger charge is 2.05. The Hall–Kier alpha value is -0.410. The molecular formula is C15H29IN4OS. The van der Waals surface area contributed by atoms with Crippen LogP contribution in [0.4, 0.5) is 0 Å². The van der Waals surface area contributed by atoms with Crippen molar-refractivity contribution in [1.29, 1.82) is 0 Å². The minimum Gasteiger partial charge on any atom is -0.380 e. The summed E-state index contributed by atoms with van der Waals surface area (Å²) in [6.45, 7) is 11.5. The van der Waals surface area contributed by atoms with Crippen LogP contribution < -0.4 is 10.6 Å². The zero-order chi connectivity index (χ0) is 15.7. The summed E-state index contributed by atoms with van der Waals surface area (Å²) in [7, 11) is 1.78. The van der Waals surface area contributed by atoms with Gasteiger partial charge in [0.2, 0.25) is 0 Å². The Bertz CT molecular complexity index is 449. The molecule has 22 heavy (non-hydrogen) atoms. The van der Waals surface area contributed by atoms with Crippen molar-refractivity contribution < 1.29 is 4.74 Å². The molecule has 0 aliphatic heterocycles. The maximum atomic E-state index is 5.57. The Labute approximate surface area is 155 Å². The number of thiazole rings is 1. The third kappa shape index (κ3) is 8.89. The lowest BCUT2D eigenvalue weighted by molar-refractivity contribution is 0.128. The number of hydrogen-bond donors (Lipinski definition) is 2. The van der Waals surface area contributed by atoms with E-state index in [9.17, 15) is 0 Å². The van der Waals surface area contributed by atoms with Crippen molar-refractivity contribution in [1.82, 2.24) is 15.6 Å². The smallest absolute Gasteiger partial charge is 0.191 e. The van der Waals surface area contributed by atoms with Gasteiger partial charge in [-0.1, -0.05) is 13.8 Å². The zero-order valence-corrected chi connectivity index (χ0v) is 17.4. The van der Waals surface area contributed by atoms with Crippen molar-refractivity contribution in [2.24, 2.45) is 10.9 Å². The molecule has 1 rings (SSSR count). The molecule has 0 saturated carbocycles. The molecule has 1 aromatic heterocycles. The van der Waals surface area contributed by atoms with E-state index in [4.69, 9.17) is 4.74 Å². The van der Waals surface area contributed by atoms with Gasteiger partial charge in [-0.25, -0.2) is 4.98 Å². The van der Waals surface area contributed by atoms with E-state index in [0.29, 0.717) is 12.5 Å². The number of aliphatic imine (C=N–C) groups is 1. The SMILES string of the molecule is CN=C(NCCOCCC(C)C)NCc1sc(C)nc1C.I. The summed E-state index contributed by atoms with van der Waals surface area (Å²) < 4.78 is 5.57. The van der Waals surface area contributed by atoms with Crippen LogP contribution in [0.5, 0.6) is 0 Å². The van der Waals surface area contributed by atoms with E-state index in [1.807, 2.05) is 13.8 Å². The van der Waals surface area contributed by atoms with Gasteiger partial charge in [0.1, 0.15) is 0 Å². The van der Waals surface area contributed by atoms with Gasteiger partial charge >= 0.3 is 0 Å². The summed E-state index contributed by atoms with van der Waals surface area (Å²) in [5, 5.41) is 7.66. The molecule has 0 amide bonds. The van der Waals surface area contributed by atoms with Gasteiger partial charge in [-0.3, -0.25) is 4.99 Å². The highest BCUT2D eigenvalue weighted by molar-refractivity contribution is 14.0. The number of hydrogen-bond acceptors (Lipinski definition) is 4.